The van der Waals surface area contributed by atoms with Crippen molar-refractivity contribution >= 4 is 27.7 Å². The van der Waals surface area contributed by atoms with Crippen LogP contribution in [0.5, 0.6) is 11.5 Å². The minimum absolute atomic E-state index is 0.137. The number of benzene rings is 1. The maximum atomic E-state index is 11.1. The molecule has 0 aromatic heterocycles. The van der Waals surface area contributed by atoms with Crippen LogP contribution in [0.2, 0.25) is 0 Å². The molecule has 1 aliphatic heterocycles. The lowest BCUT2D eigenvalue weighted by Gasteiger charge is -2.04. The van der Waals surface area contributed by atoms with E-state index in [4.69, 9.17) is 14.6 Å². The number of fused-ring (bicyclic) bond motifs is 1. The zero-order valence-corrected chi connectivity index (χ0v) is 9.61. The number of rotatable bonds is 3. The number of carboxylic acid groups (broad SMARTS) is 1. The lowest BCUT2D eigenvalue weighted by atomic mass is 10.1. The number of aliphatic carboxylic acids is 1. The molecule has 1 aliphatic rings. The second kappa shape index (κ2) is 4.13. The van der Waals surface area contributed by atoms with Crippen LogP contribution in [0, 0.1) is 0 Å². The number of carbonyl (C=O) groups excluding carboxylic acids is 1. The fraction of sp³-hybridized carbons (Fsp3) is 0.200. The summed E-state index contributed by atoms with van der Waals surface area (Å²) in [6, 6.07) is 3.26. The van der Waals surface area contributed by atoms with Crippen LogP contribution in [0.15, 0.2) is 16.6 Å². The van der Waals surface area contributed by atoms with Gasteiger partial charge in [-0.2, -0.15) is 0 Å². The van der Waals surface area contributed by atoms with Crippen molar-refractivity contribution in [1.82, 2.24) is 0 Å². The number of carbonyl (C=O) groups is 2. The Morgan fingerprint density at radius 2 is 1.94 bits per heavy atom. The molecule has 0 radical (unpaired) electrons. The number of ether oxygens (including phenoxy) is 2. The van der Waals surface area contributed by atoms with Gasteiger partial charge in [0.05, 0.1) is 0 Å². The average Bonchev–Trinajstić information content (AvgIpc) is 2.65. The van der Waals surface area contributed by atoms with E-state index in [1.165, 1.54) is 0 Å². The van der Waals surface area contributed by atoms with Gasteiger partial charge in [-0.3, -0.25) is 4.79 Å². The van der Waals surface area contributed by atoms with Gasteiger partial charge in [-0.15, -0.1) is 0 Å². The average molecular weight is 287 g/mol. The van der Waals surface area contributed by atoms with Gasteiger partial charge in [0.1, 0.15) is 0 Å². The summed E-state index contributed by atoms with van der Waals surface area (Å²) in [6.07, 6.45) is -0.174. The molecule has 1 heterocycles. The highest BCUT2D eigenvalue weighted by atomic mass is 79.9. The molecule has 0 aliphatic carbocycles. The van der Waals surface area contributed by atoms with Gasteiger partial charge in [0.25, 0.3) is 0 Å². The molecular weight excluding hydrogens is 280 g/mol. The summed E-state index contributed by atoms with van der Waals surface area (Å²) in [5, 5.41) is 8.51. The molecule has 0 saturated heterocycles. The topological polar surface area (TPSA) is 72.8 Å². The monoisotopic (exact) mass is 286 g/mol. The third kappa shape index (κ3) is 2.01. The first-order valence-electron chi connectivity index (χ1n) is 4.42. The van der Waals surface area contributed by atoms with E-state index < -0.39 is 11.8 Å². The Kier molecular flexibility index (Phi) is 2.82. The first-order chi connectivity index (χ1) is 7.58. The lowest BCUT2D eigenvalue weighted by Crippen LogP contribution is -2.15. The molecule has 1 N–H and O–H groups in total. The van der Waals surface area contributed by atoms with Gasteiger partial charge < -0.3 is 14.6 Å². The van der Waals surface area contributed by atoms with Crippen LogP contribution in [-0.4, -0.2) is 23.7 Å². The minimum Gasteiger partial charge on any atom is -0.475 e. The number of hydrogen-bond donors (Lipinski definition) is 1. The molecule has 5 nitrogen and oxygen atoms in total. The van der Waals surface area contributed by atoms with Crippen molar-refractivity contribution in [3.05, 3.63) is 22.2 Å². The standard InChI is InChI=1S/C10H7BrO5/c11-6-3-9-8(15-4-16-9)2-5(6)1-7(12)10(13)14/h2-3H,1,4H2,(H,13,14). The van der Waals surface area contributed by atoms with Crippen LogP contribution in [0.3, 0.4) is 0 Å². The van der Waals surface area contributed by atoms with E-state index in [0.29, 0.717) is 21.5 Å². The summed E-state index contributed by atoms with van der Waals surface area (Å²) in [7, 11) is 0. The van der Waals surface area contributed by atoms with E-state index in [9.17, 15) is 9.59 Å². The van der Waals surface area contributed by atoms with Crippen LogP contribution < -0.4 is 9.47 Å². The SMILES string of the molecule is O=C(O)C(=O)Cc1cc2c(cc1Br)OCO2. The Labute approximate surface area is 99.1 Å². The molecule has 0 unspecified atom stereocenters. The van der Waals surface area contributed by atoms with E-state index in [2.05, 4.69) is 15.9 Å². The Balaban J connectivity index is 2.28. The van der Waals surface area contributed by atoms with Crippen molar-refractivity contribution in [2.75, 3.05) is 6.79 Å². The van der Waals surface area contributed by atoms with E-state index in [1.807, 2.05) is 0 Å². The van der Waals surface area contributed by atoms with Gasteiger partial charge in [0, 0.05) is 10.9 Å². The fourth-order valence-electron chi connectivity index (χ4n) is 1.34. The highest BCUT2D eigenvalue weighted by Gasteiger charge is 2.19. The molecule has 2 rings (SSSR count). The minimum atomic E-state index is -1.44. The summed E-state index contributed by atoms with van der Waals surface area (Å²) in [6.45, 7) is 0.137. The number of Topliss-reactive ketones (excluding diaryl/α,β-unsaturated/α-hetero) is 1. The maximum absolute atomic E-state index is 11.1. The molecule has 16 heavy (non-hydrogen) atoms. The summed E-state index contributed by atoms with van der Waals surface area (Å²) in [4.78, 5) is 21.5. The molecule has 0 fully saturated rings. The van der Waals surface area contributed by atoms with Crippen LogP contribution in [0.1, 0.15) is 5.56 Å². The van der Waals surface area contributed by atoms with Gasteiger partial charge in [0.2, 0.25) is 12.6 Å². The van der Waals surface area contributed by atoms with Gasteiger partial charge in [-0.05, 0) is 17.7 Å². The molecule has 0 spiro atoms. The predicted octanol–water partition coefficient (Wildman–Crippen LogP) is 1.37. The van der Waals surface area contributed by atoms with Crippen LogP contribution in [-0.2, 0) is 16.0 Å². The lowest BCUT2D eigenvalue weighted by molar-refractivity contribution is -0.148. The molecule has 0 atom stereocenters. The second-order valence-corrected chi connectivity index (χ2v) is 4.06. The second-order valence-electron chi connectivity index (χ2n) is 3.20. The van der Waals surface area contributed by atoms with Crippen LogP contribution >= 0.6 is 15.9 Å². The van der Waals surface area contributed by atoms with Gasteiger partial charge >= 0.3 is 5.97 Å². The highest BCUT2D eigenvalue weighted by Crippen LogP contribution is 2.37. The first kappa shape index (κ1) is 10.9. The fourth-order valence-corrected chi connectivity index (χ4v) is 1.81. The van der Waals surface area contributed by atoms with Gasteiger partial charge in [-0.1, -0.05) is 15.9 Å². The summed E-state index contributed by atoms with van der Waals surface area (Å²) in [5.74, 6) is -1.20. The van der Waals surface area contributed by atoms with E-state index in [1.54, 1.807) is 12.1 Å². The zero-order chi connectivity index (χ0) is 11.7. The molecule has 1 aromatic rings. The summed E-state index contributed by atoms with van der Waals surface area (Å²) < 4.78 is 10.9. The predicted molar refractivity (Wildman–Crippen MR) is 56.6 cm³/mol. The van der Waals surface area contributed by atoms with E-state index >= 15 is 0 Å². The number of carboxylic acids is 1. The van der Waals surface area contributed by atoms with Gasteiger partial charge in [-0.25, -0.2) is 4.79 Å². The number of ketones is 1. The third-order valence-electron chi connectivity index (χ3n) is 2.13. The van der Waals surface area contributed by atoms with Crippen molar-refractivity contribution < 1.29 is 24.2 Å². The molecule has 1 aromatic carbocycles. The highest BCUT2D eigenvalue weighted by molar-refractivity contribution is 9.10. The number of hydrogen-bond acceptors (Lipinski definition) is 4. The van der Waals surface area contributed by atoms with E-state index in [-0.39, 0.29) is 13.2 Å². The van der Waals surface area contributed by atoms with E-state index in [0.717, 1.165) is 0 Å². The molecule has 0 amide bonds. The maximum Gasteiger partial charge on any atom is 0.372 e. The van der Waals surface area contributed by atoms with Crippen LogP contribution in [0.4, 0.5) is 0 Å². The Morgan fingerprint density at radius 3 is 2.56 bits per heavy atom. The Hall–Kier alpha value is -1.56. The van der Waals surface area contributed by atoms with Crippen LogP contribution in [0.25, 0.3) is 0 Å². The molecular formula is C10H7BrO5. The molecule has 0 bridgehead atoms. The van der Waals surface area contributed by atoms with Crippen molar-refractivity contribution in [3.8, 4) is 11.5 Å². The quantitative estimate of drug-likeness (QED) is 0.850. The summed E-state index contributed by atoms with van der Waals surface area (Å²) in [5.41, 5.74) is 0.566. The third-order valence-corrected chi connectivity index (χ3v) is 2.87. The summed E-state index contributed by atoms with van der Waals surface area (Å²) >= 11 is 3.25. The van der Waals surface area contributed by atoms with Crippen molar-refractivity contribution in [1.29, 1.82) is 0 Å². The van der Waals surface area contributed by atoms with Crippen molar-refractivity contribution in [3.63, 3.8) is 0 Å². The Morgan fingerprint density at radius 1 is 1.31 bits per heavy atom. The molecule has 0 saturated carbocycles. The number of halogens is 1. The first-order valence-corrected chi connectivity index (χ1v) is 5.21. The Bertz CT molecular complexity index is 469. The van der Waals surface area contributed by atoms with Gasteiger partial charge in [0.15, 0.2) is 11.5 Å². The largest absolute Gasteiger partial charge is 0.475 e. The smallest absolute Gasteiger partial charge is 0.372 e. The van der Waals surface area contributed by atoms with Crippen molar-refractivity contribution in [2.24, 2.45) is 0 Å². The normalized spacial score (nSPS) is 12.6. The van der Waals surface area contributed by atoms with Crippen molar-refractivity contribution in [2.45, 2.75) is 6.42 Å². The zero-order valence-electron chi connectivity index (χ0n) is 8.03. The molecule has 84 valence electrons. The molecule has 6 heteroatoms.